The maximum absolute atomic E-state index is 8.74. The quantitative estimate of drug-likeness (QED) is 0.608. The van der Waals surface area contributed by atoms with Crippen molar-refractivity contribution in [3.63, 3.8) is 0 Å². The molecule has 0 unspecified atom stereocenters. The van der Waals surface area contributed by atoms with Gasteiger partial charge in [-0.15, -0.1) is 0 Å². The fourth-order valence-electron chi connectivity index (χ4n) is 1.36. The number of hydrogen-bond acceptors (Lipinski definition) is 3. The molecule has 0 amide bonds. The Kier molecular flexibility index (Phi) is 4.84. The molecular formula is C12H17N2O4S+. The summed E-state index contributed by atoms with van der Waals surface area (Å²) in [5.74, 6) is 0. The van der Waals surface area contributed by atoms with Crippen LogP contribution in [-0.2, 0) is 10.4 Å². The predicted octanol–water partition coefficient (Wildman–Crippen LogP) is 1.87. The van der Waals surface area contributed by atoms with Crippen LogP contribution in [0.5, 0.6) is 0 Å². The third-order valence-corrected chi connectivity index (χ3v) is 2.28. The molecule has 6 nitrogen and oxygen atoms in total. The number of hydrogen-bond donors (Lipinski definition) is 2. The standard InChI is InChI=1S/C12H15N2.H2O4S/c1-14(2)10-8-13(9-11-14)12-6-4-3-5-7-12;1-5(2,3)4/h3-11H,1-2H3;(H2,1,2,3,4)/q+1;. The lowest BCUT2D eigenvalue weighted by molar-refractivity contribution is -0.785. The van der Waals surface area contributed by atoms with Gasteiger partial charge in [0.2, 0.25) is 0 Å². The van der Waals surface area contributed by atoms with Gasteiger partial charge in [-0.25, -0.2) is 0 Å². The van der Waals surface area contributed by atoms with E-state index in [0.29, 0.717) is 0 Å². The summed E-state index contributed by atoms with van der Waals surface area (Å²) in [7, 11) is -0.398. The van der Waals surface area contributed by atoms with Gasteiger partial charge in [0.25, 0.3) is 0 Å². The zero-order valence-corrected chi connectivity index (χ0v) is 11.5. The molecule has 1 aromatic rings. The molecule has 0 radical (unpaired) electrons. The molecule has 0 saturated heterocycles. The third kappa shape index (κ3) is 6.73. The van der Waals surface area contributed by atoms with Crippen LogP contribution in [0.1, 0.15) is 0 Å². The predicted molar refractivity (Wildman–Crippen MR) is 73.5 cm³/mol. The topological polar surface area (TPSA) is 77.8 Å². The Morgan fingerprint density at radius 1 is 1.00 bits per heavy atom. The van der Waals surface area contributed by atoms with E-state index in [-0.39, 0.29) is 0 Å². The number of benzene rings is 1. The molecule has 0 atom stereocenters. The molecule has 0 saturated carbocycles. The van der Waals surface area contributed by atoms with E-state index < -0.39 is 10.4 Å². The zero-order valence-electron chi connectivity index (χ0n) is 10.7. The summed E-state index contributed by atoms with van der Waals surface area (Å²) in [4.78, 5) is 2.11. The smallest absolute Gasteiger partial charge is 0.313 e. The Morgan fingerprint density at radius 3 is 1.84 bits per heavy atom. The average Bonchev–Trinajstić information content (AvgIpc) is 2.28. The molecular weight excluding hydrogens is 268 g/mol. The van der Waals surface area contributed by atoms with Crippen LogP contribution in [0.2, 0.25) is 0 Å². The molecule has 0 spiro atoms. The van der Waals surface area contributed by atoms with Crippen molar-refractivity contribution in [3.05, 3.63) is 55.1 Å². The van der Waals surface area contributed by atoms with Crippen molar-refractivity contribution in [2.75, 3.05) is 19.0 Å². The molecule has 1 heterocycles. The Labute approximate surface area is 113 Å². The number of para-hydroxylation sites is 1. The van der Waals surface area contributed by atoms with Crippen LogP contribution < -0.4 is 4.90 Å². The van der Waals surface area contributed by atoms with Crippen molar-refractivity contribution in [3.8, 4) is 0 Å². The van der Waals surface area contributed by atoms with Crippen molar-refractivity contribution < 1.29 is 22.0 Å². The SMILES string of the molecule is C[N+]1(C)C=CN(c2ccccc2)C=C1.O=S(=O)(O)O. The van der Waals surface area contributed by atoms with Gasteiger partial charge in [0.1, 0.15) is 12.4 Å². The Balaban J connectivity index is 0.000000312. The minimum absolute atomic E-state index is 0.795. The van der Waals surface area contributed by atoms with Crippen LogP contribution >= 0.6 is 0 Å². The maximum atomic E-state index is 8.74. The van der Waals surface area contributed by atoms with E-state index in [9.17, 15) is 0 Å². The fraction of sp³-hybridized carbons (Fsp3) is 0.167. The van der Waals surface area contributed by atoms with Crippen LogP contribution in [-0.4, -0.2) is 36.1 Å². The molecule has 1 aliphatic rings. The largest absolute Gasteiger partial charge is 0.394 e. The lowest BCUT2D eigenvalue weighted by Crippen LogP contribution is -2.30. The minimum Gasteiger partial charge on any atom is -0.313 e. The van der Waals surface area contributed by atoms with E-state index >= 15 is 0 Å². The number of rotatable bonds is 1. The molecule has 1 aromatic carbocycles. The summed E-state index contributed by atoms with van der Waals surface area (Å²) in [5, 5.41) is 0. The van der Waals surface area contributed by atoms with Crippen molar-refractivity contribution in [2.45, 2.75) is 0 Å². The van der Waals surface area contributed by atoms with Crippen LogP contribution in [0.3, 0.4) is 0 Å². The van der Waals surface area contributed by atoms with Crippen LogP contribution in [0.4, 0.5) is 5.69 Å². The van der Waals surface area contributed by atoms with E-state index in [1.807, 2.05) is 18.2 Å². The Bertz CT molecular complexity index is 541. The summed E-state index contributed by atoms with van der Waals surface area (Å²) < 4.78 is 32.4. The van der Waals surface area contributed by atoms with Crippen LogP contribution in [0.15, 0.2) is 55.1 Å². The zero-order chi connectivity index (χ0) is 14.5. The van der Waals surface area contributed by atoms with E-state index in [2.05, 4.69) is 55.9 Å². The summed E-state index contributed by atoms with van der Waals surface area (Å²) >= 11 is 0. The first kappa shape index (κ1) is 15.4. The first-order chi connectivity index (χ1) is 8.67. The normalized spacial score (nSPS) is 16.7. The van der Waals surface area contributed by atoms with Gasteiger partial charge in [-0.3, -0.25) is 13.6 Å². The van der Waals surface area contributed by atoms with Gasteiger partial charge < -0.3 is 4.90 Å². The molecule has 104 valence electrons. The number of anilines is 1. The second kappa shape index (κ2) is 5.98. The monoisotopic (exact) mass is 285 g/mol. The van der Waals surface area contributed by atoms with Gasteiger partial charge in [0.15, 0.2) is 0 Å². The molecule has 7 heteroatoms. The second-order valence-corrected chi connectivity index (χ2v) is 5.31. The van der Waals surface area contributed by atoms with Gasteiger partial charge in [0.05, 0.1) is 26.5 Å². The number of quaternary nitrogens is 1. The third-order valence-electron chi connectivity index (χ3n) is 2.28. The van der Waals surface area contributed by atoms with E-state index in [1.54, 1.807) is 0 Å². The van der Waals surface area contributed by atoms with Gasteiger partial charge >= 0.3 is 10.4 Å². The van der Waals surface area contributed by atoms with Crippen molar-refractivity contribution in [2.24, 2.45) is 0 Å². The van der Waals surface area contributed by atoms with Crippen molar-refractivity contribution >= 4 is 16.1 Å². The van der Waals surface area contributed by atoms with E-state index in [0.717, 1.165) is 4.48 Å². The molecule has 1 aliphatic heterocycles. The fourth-order valence-corrected chi connectivity index (χ4v) is 1.36. The van der Waals surface area contributed by atoms with Gasteiger partial charge in [-0.1, -0.05) is 18.2 Å². The molecule has 19 heavy (non-hydrogen) atoms. The highest BCUT2D eigenvalue weighted by molar-refractivity contribution is 7.79. The molecule has 2 N–H and O–H groups in total. The first-order valence-corrected chi connectivity index (χ1v) is 6.82. The van der Waals surface area contributed by atoms with Crippen molar-refractivity contribution in [1.82, 2.24) is 0 Å². The lowest BCUT2D eigenvalue weighted by atomic mass is 10.3. The van der Waals surface area contributed by atoms with Crippen molar-refractivity contribution in [1.29, 1.82) is 0 Å². The summed E-state index contributed by atoms with van der Waals surface area (Å²) in [6.45, 7) is 0. The van der Waals surface area contributed by atoms with Gasteiger partial charge in [-0.2, -0.15) is 8.42 Å². The van der Waals surface area contributed by atoms with E-state index in [1.165, 1.54) is 5.69 Å². The summed E-state index contributed by atoms with van der Waals surface area (Å²) in [6.07, 6.45) is 8.48. The highest BCUT2D eigenvalue weighted by Gasteiger charge is 2.13. The molecule has 2 rings (SSSR count). The minimum atomic E-state index is -4.67. The van der Waals surface area contributed by atoms with Gasteiger partial charge in [-0.05, 0) is 12.1 Å². The second-order valence-electron chi connectivity index (χ2n) is 4.42. The van der Waals surface area contributed by atoms with E-state index in [4.69, 9.17) is 17.5 Å². The van der Waals surface area contributed by atoms with Gasteiger partial charge in [0, 0.05) is 5.69 Å². The van der Waals surface area contributed by atoms with Crippen LogP contribution in [0, 0.1) is 0 Å². The maximum Gasteiger partial charge on any atom is 0.394 e. The number of nitrogens with zero attached hydrogens (tertiary/aromatic N) is 2. The lowest BCUT2D eigenvalue weighted by Gasteiger charge is -2.26. The molecule has 0 bridgehead atoms. The Morgan fingerprint density at radius 2 is 1.42 bits per heavy atom. The Hall–Kier alpha value is -1.67. The highest BCUT2D eigenvalue weighted by Crippen LogP contribution is 2.18. The molecule has 0 aliphatic carbocycles. The summed E-state index contributed by atoms with van der Waals surface area (Å²) in [6, 6.07) is 10.3. The summed E-state index contributed by atoms with van der Waals surface area (Å²) in [5.41, 5.74) is 1.19. The molecule has 0 aromatic heterocycles. The highest BCUT2D eigenvalue weighted by atomic mass is 32.3. The average molecular weight is 285 g/mol. The van der Waals surface area contributed by atoms with Crippen LogP contribution in [0.25, 0.3) is 0 Å². The first-order valence-electron chi connectivity index (χ1n) is 5.43. The molecule has 0 fully saturated rings.